The number of carbonyl (C=O) groups is 1. The minimum atomic E-state index is -0.112. The molecule has 0 spiro atoms. The van der Waals surface area contributed by atoms with Crippen molar-refractivity contribution in [3.05, 3.63) is 58.5 Å². The summed E-state index contributed by atoms with van der Waals surface area (Å²) in [5, 5.41) is 7.66. The van der Waals surface area contributed by atoms with Crippen molar-refractivity contribution in [1.82, 2.24) is 15.1 Å². The third kappa shape index (κ3) is 5.10. The molecule has 2 heterocycles. The Kier molecular flexibility index (Phi) is 6.50. The summed E-state index contributed by atoms with van der Waals surface area (Å²) < 4.78 is 1.48. The van der Waals surface area contributed by atoms with Crippen LogP contribution in [0.25, 0.3) is 0 Å². The summed E-state index contributed by atoms with van der Waals surface area (Å²) in [6, 6.07) is 11.8. The van der Waals surface area contributed by atoms with E-state index in [1.165, 1.54) is 17.5 Å². The van der Waals surface area contributed by atoms with Crippen LogP contribution >= 0.6 is 0 Å². The molecule has 6 heteroatoms. The van der Waals surface area contributed by atoms with Gasteiger partial charge in [-0.2, -0.15) is 5.10 Å². The van der Waals surface area contributed by atoms with Gasteiger partial charge in [0, 0.05) is 25.2 Å². The third-order valence-electron chi connectivity index (χ3n) is 6.55. The molecule has 2 aromatic rings. The summed E-state index contributed by atoms with van der Waals surface area (Å²) >= 11 is 0. The average molecular weight is 409 g/mol. The molecule has 0 radical (unpaired) electrons. The van der Waals surface area contributed by atoms with Crippen molar-refractivity contribution < 1.29 is 4.79 Å². The molecule has 1 N–H and O–H groups in total. The van der Waals surface area contributed by atoms with Crippen LogP contribution in [0.15, 0.2) is 47.4 Å². The van der Waals surface area contributed by atoms with Crippen molar-refractivity contribution in [3.8, 4) is 0 Å². The number of nitrogens with one attached hydrogen (secondary N) is 1. The molecule has 0 bridgehead atoms. The van der Waals surface area contributed by atoms with E-state index in [1.54, 1.807) is 12.3 Å². The summed E-state index contributed by atoms with van der Waals surface area (Å²) in [6.45, 7) is 4.26. The Morgan fingerprint density at radius 3 is 2.63 bits per heavy atom. The molecule has 1 aliphatic heterocycles. The number of piperidine rings is 1. The summed E-state index contributed by atoms with van der Waals surface area (Å²) in [7, 11) is 0. The molecule has 2 fully saturated rings. The first kappa shape index (κ1) is 20.6. The second kappa shape index (κ2) is 9.45. The molecule has 1 saturated heterocycles. The van der Waals surface area contributed by atoms with Crippen LogP contribution in [0.3, 0.4) is 0 Å². The molecular formula is C24H32N4O2. The highest BCUT2D eigenvalue weighted by Gasteiger charge is 2.29. The Bertz CT molecular complexity index is 903. The molecule has 160 valence electrons. The van der Waals surface area contributed by atoms with Crippen molar-refractivity contribution in [3.63, 3.8) is 0 Å². The van der Waals surface area contributed by atoms with E-state index >= 15 is 0 Å². The lowest BCUT2D eigenvalue weighted by atomic mass is 9.87. The van der Waals surface area contributed by atoms with E-state index < -0.39 is 0 Å². The number of nitrogens with zero attached hydrogens (tertiary/aromatic N) is 3. The maximum Gasteiger partial charge on any atom is 0.269 e. The highest BCUT2D eigenvalue weighted by molar-refractivity contribution is 5.80. The molecular weight excluding hydrogens is 376 g/mol. The number of hydrogen-bond donors (Lipinski definition) is 1. The van der Waals surface area contributed by atoms with Gasteiger partial charge in [-0.1, -0.05) is 37.3 Å². The number of benzene rings is 1. The molecule has 6 nitrogen and oxygen atoms in total. The van der Waals surface area contributed by atoms with Crippen LogP contribution in [0.1, 0.15) is 51.0 Å². The summed E-state index contributed by atoms with van der Waals surface area (Å²) in [5.41, 5.74) is 1.75. The Morgan fingerprint density at radius 1 is 1.13 bits per heavy atom. The lowest BCUT2D eigenvalue weighted by Gasteiger charge is -2.35. The van der Waals surface area contributed by atoms with E-state index in [9.17, 15) is 9.59 Å². The van der Waals surface area contributed by atoms with Crippen molar-refractivity contribution in [2.75, 3.05) is 18.0 Å². The van der Waals surface area contributed by atoms with E-state index in [0.29, 0.717) is 19.1 Å². The fourth-order valence-corrected chi connectivity index (χ4v) is 4.62. The highest BCUT2D eigenvalue weighted by atomic mass is 16.2. The first-order valence-electron chi connectivity index (χ1n) is 11.2. The SMILES string of the molecule is CC1CCC(NC(=O)[C@@H]2CCCN(c3cnn(Cc4ccccc4)c(=O)c3)C2)CC1. The Balaban J connectivity index is 1.37. The van der Waals surface area contributed by atoms with Crippen molar-refractivity contribution in [2.45, 2.75) is 58.0 Å². The van der Waals surface area contributed by atoms with Crippen molar-refractivity contribution >= 4 is 11.6 Å². The number of hydrogen-bond acceptors (Lipinski definition) is 4. The zero-order chi connectivity index (χ0) is 20.9. The van der Waals surface area contributed by atoms with E-state index in [0.717, 1.165) is 49.4 Å². The number of amides is 1. The Hall–Kier alpha value is -2.63. The second-order valence-electron chi connectivity index (χ2n) is 8.95. The van der Waals surface area contributed by atoms with Crippen molar-refractivity contribution in [2.24, 2.45) is 11.8 Å². The van der Waals surface area contributed by atoms with Crippen LogP contribution in [-0.4, -0.2) is 34.8 Å². The lowest BCUT2D eigenvalue weighted by molar-refractivity contribution is -0.126. The Morgan fingerprint density at radius 2 is 1.90 bits per heavy atom. The van der Waals surface area contributed by atoms with Gasteiger partial charge in [0.15, 0.2) is 0 Å². The van der Waals surface area contributed by atoms with Gasteiger partial charge in [-0.25, -0.2) is 4.68 Å². The second-order valence-corrected chi connectivity index (χ2v) is 8.95. The Labute approximate surface area is 178 Å². The smallest absolute Gasteiger partial charge is 0.269 e. The molecule has 1 amide bonds. The molecule has 2 aliphatic rings. The van der Waals surface area contributed by atoms with Gasteiger partial charge in [-0.05, 0) is 50.0 Å². The molecule has 30 heavy (non-hydrogen) atoms. The minimum absolute atomic E-state index is 0.0233. The maximum atomic E-state index is 12.8. The number of rotatable bonds is 5. The predicted molar refractivity (Wildman–Crippen MR) is 119 cm³/mol. The largest absolute Gasteiger partial charge is 0.369 e. The van der Waals surface area contributed by atoms with Gasteiger partial charge in [0.2, 0.25) is 5.91 Å². The summed E-state index contributed by atoms with van der Waals surface area (Å²) in [4.78, 5) is 27.6. The molecule has 4 rings (SSSR count). The highest BCUT2D eigenvalue weighted by Crippen LogP contribution is 2.25. The topological polar surface area (TPSA) is 67.2 Å². The first-order valence-corrected chi connectivity index (χ1v) is 11.2. The summed E-state index contributed by atoms with van der Waals surface area (Å²) in [5.74, 6) is 0.925. The van der Waals surface area contributed by atoms with Gasteiger partial charge in [0.05, 0.1) is 24.3 Å². The van der Waals surface area contributed by atoms with Crippen LogP contribution in [0.4, 0.5) is 5.69 Å². The first-order chi connectivity index (χ1) is 14.6. The fraction of sp³-hybridized carbons (Fsp3) is 0.542. The van der Waals surface area contributed by atoms with Crippen LogP contribution in [-0.2, 0) is 11.3 Å². The van der Waals surface area contributed by atoms with E-state index in [-0.39, 0.29) is 17.4 Å². The number of anilines is 1. The third-order valence-corrected chi connectivity index (χ3v) is 6.55. The van der Waals surface area contributed by atoms with Gasteiger partial charge in [0.1, 0.15) is 0 Å². The van der Waals surface area contributed by atoms with Gasteiger partial charge < -0.3 is 10.2 Å². The summed E-state index contributed by atoms with van der Waals surface area (Å²) in [6.07, 6.45) is 8.20. The van der Waals surface area contributed by atoms with Crippen LogP contribution in [0.2, 0.25) is 0 Å². The van der Waals surface area contributed by atoms with E-state index in [1.807, 2.05) is 30.3 Å². The van der Waals surface area contributed by atoms with Crippen molar-refractivity contribution in [1.29, 1.82) is 0 Å². The monoisotopic (exact) mass is 408 g/mol. The molecule has 1 aromatic carbocycles. The normalized spacial score (nSPS) is 24.4. The molecule has 1 aromatic heterocycles. The maximum absolute atomic E-state index is 12.8. The van der Waals surface area contributed by atoms with Gasteiger partial charge >= 0.3 is 0 Å². The predicted octanol–water partition coefficient (Wildman–Crippen LogP) is 3.20. The zero-order valence-corrected chi connectivity index (χ0v) is 17.8. The van der Waals surface area contributed by atoms with Gasteiger partial charge in [-0.15, -0.1) is 0 Å². The van der Waals surface area contributed by atoms with Gasteiger partial charge in [0.25, 0.3) is 5.56 Å². The molecule has 1 atom stereocenters. The van der Waals surface area contributed by atoms with Gasteiger partial charge in [-0.3, -0.25) is 9.59 Å². The minimum Gasteiger partial charge on any atom is -0.369 e. The molecule has 1 saturated carbocycles. The molecule has 0 unspecified atom stereocenters. The van der Waals surface area contributed by atoms with Crippen LogP contribution < -0.4 is 15.8 Å². The fourth-order valence-electron chi connectivity index (χ4n) is 4.62. The average Bonchev–Trinajstić information content (AvgIpc) is 2.77. The number of carbonyl (C=O) groups excluding carboxylic acids is 1. The standard InChI is InChI=1S/C24H32N4O2/c1-18-9-11-21(12-10-18)26-24(30)20-8-5-13-27(17-20)22-14-23(29)28(25-15-22)16-19-6-3-2-4-7-19/h2-4,6-7,14-15,18,20-21H,5,8-13,16-17H2,1H3,(H,26,30)/t18?,20-,21?/m1/s1. The van der Waals surface area contributed by atoms with E-state index in [4.69, 9.17) is 0 Å². The quantitative estimate of drug-likeness (QED) is 0.825. The molecule has 1 aliphatic carbocycles. The number of aromatic nitrogens is 2. The van der Waals surface area contributed by atoms with Crippen LogP contribution in [0, 0.1) is 11.8 Å². The lowest BCUT2D eigenvalue weighted by Crippen LogP contribution is -2.47. The van der Waals surface area contributed by atoms with E-state index in [2.05, 4.69) is 22.2 Å². The van der Waals surface area contributed by atoms with Crippen LogP contribution in [0.5, 0.6) is 0 Å². The zero-order valence-electron chi connectivity index (χ0n) is 17.8.